The lowest BCUT2D eigenvalue weighted by molar-refractivity contribution is 0.102. The van der Waals surface area contributed by atoms with Crippen molar-refractivity contribution >= 4 is 38.9 Å². The molecule has 2 aromatic rings. The summed E-state index contributed by atoms with van der Waals surface area (Å²) >= 11 is 4.69. The first-order valence-corrected chi connectivity index (χ1v) is 7.29. The first-order valence-electron chi connectivity index (χ1n) is 5.62. The fourth-order valence-corrected chi connectivity index (χ4v) is 2.40. The van der Waals surface area contributed by atoms with Gasteiger partial charge in [0.15, 0.2) is 0 Å². The summed E-state index contributed by atoms with van der Waals surface area (Å²) in [7, 11) is 0. The molecule has 3 N–H and O–H groups in total. The van der Waals surface area contributed by atoms with Crippen molar-refractivity contribution in [3.05, 3.63) is 38.5 Å². The van der Waals surface area contributed by atoms with Crippen LogP contribution in [-0.2, 0) is 0 Å². The monoisotopic (exact) mass is 340 g/mol. The van der Waals surface area contributed by atoms with Gasteiger partial charge in [-0.2, -0.15) is 0 Å². The van der Waals surface area contributed by atoms with Gasteiger partial charge in [-0.05, 0) is 41.4 Å². The van der Waals surface area contributed by atoms with Crippen LogP contribution in [0.2, 0.25) is 0 Å². The summed E-state index contributed by atoms with van der Waals surface area (Å²) in [6.07, 6.45) is 1.59. The number of amides is 1. The predicted octanol–water partition coefficient (Wildman–Crippen LogP) is 2.88. The first kappa shape index (κ1) is 14.1. The predicted molar refractivity (Wildman–Crippen MR) is 79.3 cm³/mol. The molecule has 1 atom stereocenters. The summed E-state index contributed by atoms with van der Waals surface area (Å²) in [4.78, 5) is 20.3. The Morgan fingerprint density at radius 3 is 2.89 bits per heavy atom. The highest BCUT2D eigenvalue weighted by Crippen LogP contribution is 2.19. The summed E-state index contributed by atoms with van der Waals surface area (Å²) in [5.41, 5.74) is 7.68. The minimum atomic E-state index is -0.258. The zero-order valence-electron chi connectivity index (χ0n) is 10.5. The Hall–Kier alpha value is -1.31. The number of carbonyl (C=O) groups excluding carboxylic acids is 1. The molecule has 100 valence electrons. The van der Waals surface area contributed by atoms with Crippen LogP contribution in [0.1, 0.15) is 34.0 Å². The Morgan fingerprint density at radius 2 is 2.32 bits per heavy atom. The Kier molecular flexibility index (Phi) is 4.28. The molecule has 2 heterocycles. The van der Waals surface area contributed by atoms with Crippen molar-refractivity contribution in [2.24, 2.45) is 5.73 Å². The maximum absolute atomic E-state index is 12.0. The minimum absolute atomic E-state index is 0.164. The SMILES string of the molecule is Cc1cc(NC(=O)c2csc(C(C)N)n2)cnc1Br. The van der Waals surface area contributed by atoms with E-state index < -0.39 is 0 Å². The van der Waals surface area contributed by atoms with Crippen LogP contribution in [0.25, 0.3) is 0 Å². The second-order valence-corrected chi connectivity index (χ2v) is 5.79. The largest absolute Gasteiger partial charge is 0.322 e. The quantitative estimate of drug-likeness (QED) is 0.841. The number of nitrogens with two attached hydrogens (primary N) is 1. The molecule has 7 heteroatoms. The third kappa shape index (κ3) is 3.37. The molecule has 0 radical (unpaired) electrons. The van der Waals surface area contributed by atoms with Crippen molar-refractivity contribution in [2.75, 3.05) is 5.32 Å². The lowest BCUT2D eigenvalue weighted by atomic mass is 10.3. The van der Waals surface area contributed by atoms with Crippen molar-refractivity contribution in [3.8, 4) is 0 Å². The Labute approximate surface area is 123 Å². The number of carbonyl (C=O) groups is 1. The number of thiazole rings is 1. The van der Waals surface area contributed by atoms with E-state index in [-0.39, 0.29) is 11.9 Å². The maximum atomic E-state index is 12.0. The fourth-order valence-electron chi connectivity index (χ4n) is 1.42. The van der Waals surface area contributed by atoms with Crippen molar-refractivity contribution in [2.45, 2.75) is 19.9 Å². The van der Waals surface area contributed by atoms with Crippen LogP contribution < -0.4 is 11.1 Å². The summed E-state index contributed by atoms with van der Waals surface area (Å²) in [6, 6.07) is 1.68. The number of halogens is 1. The number of pyridine rings is 1. The zero-order chi connectivity index (χ0) is 14.0. The number of aryl methyl sites for hydroxylation is 1. The van der Waals surface area contributed by atoms with E-state index in [2.05, 4.69) is 31.2 Å². The third-order valence-electron chi connectivity index (χ3n) is 2.42. The third-order valence-corrected chi connectivity index (χ3v) is 4.29. The Bertz CT molecular complexity index is 612. The average Bonchev–Trinajstić information content (AvgIpc) is 2.83. The Morgan fingerprint density at radius 1 is 1.58 bits per heavy atom. The second kappa shape index (κ2) is 5.77. The lowest BCUT2D eigenvalue weighted by Crippen LogP contribution is -2.13. The second-order valence-electron chi connectivity index (χ2n) is 4.15. The number of nitrogens with zero attached hydrogens (tertiary/aromatic N) is 2. The summed E-state index contributed by atoms with van der Waals surface area (Å²) < 4.78 is 0.762. The van der Waals surface area contributed by atoms with Gasteiger partial charge in [-0.25, -0.2) is 9.97 Å². The van der Waals surface area contributed by atoms with Crippen molar-refractivity contribution in [1.82, 2.24) is 9.97 Å². The Balaban J connectivity index is 2.13. The zero-order valence-corrected chi connectivity index (χ0v) is 12.9. The number of nitrogens with one attached hydrogen (secondary N) is 1. The summed E-state index contributed by atoms with van der Waals surface area (Å²) in [6.45, 7) is 3.74. The molecule has 1 amide bonds. The van der Waals surface area contributed by atoms with E-state index >= 15 is 0 Å². The highest BCUT2D eigenvalue weighted by Gasteiger charge is 2.13. The van der Waals surface area contributed by atoms with E-state index in [9.17, 15) is 4.79 Å². The molecule has 2 aromatic heterocycles. The van der Waals surface area contributed by atoms with Crippen LogP contribution in [-0.4, -0.2) is 15.9 Å². The van der Waals surface area contributed by atoms with E-state index in [1.165, 1.54) is 11.3 Å². The molecule has 0 saturated carbocycles. The molecule has 2 rings (SSSR count). The molecule has 0 bridgehead atoms. The van der Waals surface area contributed by atoms with E-state index in [0.29, 0.717) is 11.4 Å². The summed E-state index contributed by atoms with van der Waals surface area (Å²) in [5, 5.41) is 5.21. The molecule has 0 spiro atoms. The molecular formula is C12H13BrN4OS. The normalized spacial score (nSPS) is 12.2. The number of anilines is 1. The topological polar surface area (TPSA) is 80.9 Å². The molecular weight excluding hydrogens is 328 g/mol. The van der Waals surface area contributed by atoms with Crippen molar-refractivity contribution in [1.29, 1.82) is 0 Å². The highest BCUT2D eigenvalue weighted by molar-refractivity contribution is 9.10. The van der Waals surface area contributed by atoms with E-state index in [1.54, 1.807) is 11.6 Å². The van der Waals surface area contributed by atoms with Crippen LogP contribution in [0.5, 0.6) is 0 Å². The van der Waals surface area contributed by atoms with E-state index in [4.69, 9.17) is 5.73 Å². The molecule has 1 unspecified atom stereocenters. The van der Waals surface area contributed by atoms with Gasteiger partial charge in [-0.1, -0.05) is 0 Å². The van der Waals surface area contributed by atoms with Gasteiger partial charge in [0.1, 0.15) is 15.3 Å². The van der Waals surface area contributed by atoms with Gasteiger partial charge in [-0.15, -0.1) is 11.3 Å². The number of hydrogen-bond acceptors (Lipinski definition) is 5. The molecule has 0 fully saturated rings. The van der Waals surface area contributed by atoms with Gasteiger partial charge in [0.2, 0.25) is 0 Å². The van der Waals surface area contributed by atoms with Crippen LogP contribution in [0.15, 0.2) is 22.2 Å². The van der Waals surface area contributed by atoms with Crippen molar-refractivity contribution < 1.29 is 4.79 Å². The smallest absolute Gasteiger partial charge is 0.275 e. The van der Waals surface area contributed by atoms with Gasteiger partial charge in [0.05, 0.1) is 17.9 Å². The number of rotatable bonds is 3. The van der Waals surface area contributed by atoms with Gasteiger partial charge < -0.3 is 11.1 Å². The standard InChI is InChI=1S/C12H13BrN4OS/c1-6-3-8(4-15-10(6)13)16-11(18)9-5-19-12(17-9)7(2)14/h3-5,7H,14H2,1-2H3,(H,16,18). The van der Waals surface area contributed by atoms with Crippen LogP contribution >= 0.6 is 27.3 Å². The first-order chi connectivity index (χ1) is 8.97. The molecule has 5 nitrogen and oxygen atoms in total. The van der Waals surface area contributed by atoms with Gasteiger partial charge in [0, 0.05) is 5.38 Å². The molecule has 0 aliphatic heterocycles. The van der Waals surface area contributed by atoms with E-state index in [1.807, 2.05) is 19.9 Å². The van der Waals surface area contributed by atoms with Gasteiger partial charge in [0.25, 0.3) is 5.91 Å². The van der Waals surface area contributed by atoms with E-state index in [0.717, 1.165) is 15.2 Å². The van der Waals surface area contributed by atoms with Gasteiger partial charge >= 0.3 is 0 Å². The molecule has 0 aliphatic rings. The highest BCUT2D eigenvalue weighted by atomic mass is 79.9. The maximum Gasteiger partial charge on any atom is 0.275 e. The number of aromatic nitrogens is 2. The van der Waals surface area contributed by atoms with Crippen LogP contribution in [0.3, 0.4) is 0 Å². The van der Waals surface area contributed by atoms with Crippen LogP contribution in [0.4, 0.5) is 5.69 Å². The fraction of sp³-hybridized carbons (Fsp3) is 0.250. The van der Waals surface area contributed by atoms with Crippen LogP contribution in [0, 0.1) is 6.92 Å². The summed E-state index contributed by atoms with van der Waals surface area (Å²) in [5.74, 6) is -0.258. The minimum Gasteiger partial charge on any atom is -0.322 e. The number of hydrogen-bond donors (Lipinski definition) is 2. The average molecular weight is 341 g/mol. The molecule has 0 aliphatic carbocycles. The lowest BCUT2D eigenvalue weighted by Gasteiger charge is -2.04. The molecule has 0 aromatic carbocycles. The van der Waals surface area contributed by atoms with Crippen molar-refractivity contribution in [3.63, 3.8) is 0 Å². The van der Waals surface area contributed by atoms with Gasteiger partial charge in [-0.3, -0.25) is 4.79 Å². The molecule has 19 heavy (non-hydrogen) atoms. The molecule has 0 saturated heterocycles.